The fourth-order valence-corrected chi connectivity index (χ4v) is 4.01. The number of thioether (sulfide) groups is 1. The molecule has 0 aromatic rings. The van der Waals surface area contributed by atoms with E-state index in [1.165, 1.54) is 18.6 Å². The molecule has 0 aromatic heterocycles. The van der Waals surface area contributed by atoms with E-state index in [2.05, 4.69) is 5.32 Å². The van der Waals surface area contributed by atoms with Gasteiger partial charge >= 0.3 is 0 Å². The molecule has 0 aromatic carbocycles. The molecule has 13 heavy (non-hydrogen) atoms. The van der Waals surface area contributed by atoms with E-state index < -0.39 is 0 Å². The van der Waals surface area contributed by atoms with Crippen molar-refractivity contribution in [3.05, 3.63) is 0 Å². The molecule has 1 amide bonds. The predicted molar refractivity (Wildman–Crippen MR) is 52.4 cm³/mol. The molecular weight excluding hydrogens is 186 g/mol. The van der Waals surface area contributed by atoms with E-state index in [4.69, 9.17) is 5.11 Å². The summed E-state index contributed by atoms with van der Waals surface area (Å²) in [4.78, 5) is 11.1. The van der Waals surface area contributed by atoms with Crippen LogP contribution in [0.25, 0.3) is 0 Å². The third kappa shape index (κ3) is 1.83. The summed E-state index contributed by atoms with van der Waals surface area (Å²) in [7, 11) is 0. The molecule has 0 spiro atoms. The first-order valence-electron chi connectivity index (χ1n) is 4.80. The Morgan fingerprint density at radius 2 is 2.54 bits per heavy atom. The van der Waals surface area contributed by atoms with E-state index in [0.717, 1.165) is 18.8 Å². The van der Waals surface area contributed by atoms with Crippen LogP contribution < -0.4 is 5.32 Å². The van der Waals surface area contributed by atoms with Crippen LogP contribution in [0.4, 0.5) is 0 Å². The van der Waals surface area contributed by atoms with Gasteiger partial charge in [0.15, 0.2) is 0 Å². The Morgan fingerprint density at radius 3 is 3.31 bits per heavy atom. The molecule has 2 fully saturated rings. The van der Waals surface area contributed by atoms with Crippen LogP contribution in [0, 0.1) is 5.92 Å². The zero-order chi connectivity index (χ0) is 9.31. The smallest absolute Gasteiger partial charge is 0.246 e. The van der Waals surface area contributed by atoms with Gasteiger partial charge in [-0.05, 0) is 37.4 Å². The molecule has 0 radical (unpaired) electrons. The Labute approximate surface area is 82.3 Å². The lowest BCUT2D eigenvalue weighted by Crippen LogP contribution is -2.46. The molecular formula is C9H15NO2S. The van der Waals surface area contributed by atoms with Crippen molar-refractivity contribution in [2.45, 2.75) is 30.6 Å². The molecule has 1 aliphatic carbocycles. The molecule has 1 heterocycles. The summed E-state index contributed by atoms with van der Waals surface area (Å²) in [6.45, 7) is -0.382. The number of rotatable bonds is 2. The summed E-state index contributed by atoms with van der Waals surface area (Å²) in [6.07, 6.45) is 4.69. The minimum absolute atomic E-state index is 0.0251. The van der Waals surface area contributed by atoms with Gasteiger partial charge in [0.05, 0.1) is 4.87 Å². The number of hydrogen-bond donors (Lipinski definition) is 2. The Morgan fingerprint density at radius 1 is 1.69 bits per heavy atom. The molecule has 2 rings (SSSR count). The topological polar surface area (TPSA) is 49.3 Å². The average Bonchev–Trinajstić information content (AvgIpc) is 2.42. The van der Waals surface area contributed by atoms with Gasteiger partial charge in [-0.25, -0.2) is 0 Å². The molecule has 74 valence electrons. The minimum Gasteiger partial charge on any atom is -0.387 e. The van der Waals surface area contributed by atoms with Crippen LogP contribution in [0.2, 0.25) is 0 Å². The zero-order valence-corrected chi connectivity index (χ0v) is 8.40. The van der Waals surface area contributed by atoms with Crippen molar-refractivity contribution in [3.63, 3.8) is 0 Å². The maximum Gasteiger partial charge on any atom is 0.246 e. The Kier molecular flexibility index (Phi) is 2.51. The number of carbonyl (C=O) groups is 1. The largest absolute Gasteiger partial charge is 0.387 e. The van der Waals surface area contributed by atoms with Crippen LogP contribution in [0.5, 0.6) is 0 Å². The second-order valence-electron chi connectivity index (χ2n) is 3.97. The van der Waals surface area contributed by atoms with E-state index >= 15 is 0 Å². The van der Waals surface area contributed by atoms with Crippen molar-refractivity contribution < 1.29 is 9.90 Å². The molecule has 3 nitrogen and oxygen atoms in total. The zero-order valence-electron chi connectivity index (χ0n) is 7.58. The molecule has 1 saturated heterocycles. The molecule has 2 N–H and O–H groups in total. The fourth-order valence-electron chi connectivity index (χ4n) is 2.34. The van der Waals surface area contributed by atoms with E-state index in [9.17, 15) is 4.79 Å². The minimum atomic E-state index is -0.382. The number of nitrogens with one attached hydrogen (secondary N) is 1. The quantitative estimate of drug-likeness (QED) is 0.692. The van der Waals surface area contributed by atoms with Gasteiger partial charge in [-0.2, -0.15) is 0 Å². The van der Waals surface area contributed by atoms with Crippen LogP contribution in [0.15, 0.2) is 0 Å². The molecule has 1 aliphatic heterocycles. The second kappa shape index (κ2) is 3.50. The Hall–Kier alpha value is -0.220. The van der Waals surface area contributed by atoms with Crippen LogP contribution >= 0.6 is 11.8 Å². The monoisotopic (exact) mass is 201 g/mol. The highest BCUT2D eigenvalue weighted by Gasteiger charge is 2.43. The third-order valence-electron chi connectivity index (χ3n) is 2.92. The lowest BCUT2D eigenvalue weighted by molar-refractivity contribution is -0.125. The summed E-state index contributed by atoms with van der Waals surface area (Å²) in [5.74, 6) is 1.74. The van der Waals surface area contributed by atoms with Gasteiger partial charge in [-0.3, -0.25) is 4.79 Å². The second-order valence-corrected chi connectivity index (χ2v) is 5.38. The van der Waals surface area contributed by atoms with Crippen LogP contribution in [0.3, 0.4) is 0 Å². The van der Waals surface area contributed by atoms with Crippen LogP contribution in [-0.4, -0.2) is 28.2 Å². The van der Waals surface area contributed by atoms with Crippen molar-refractivity contribution in [2.24, 2.45) is 5.92 Å². The molecule has 1 saturated carbocycles. The Balaban J connectivity index is 1.99. The lowest BCUT2D eigenvalue weighted by atomic mass is 9.87. The van der Waals surface area contributed by atoms with Crippen molar-refractivity contribution in [1.29, 1.82) is 0 Å². The Bertz CT molecular complexity index is 218. The maximum absolute atomic E-state index is 11.1. The van der Waals surface area contributed by atoms with E-state index in [1.807, 2.05) is 11.8 Å². The fraction of sp³-hybridized carbons (Fsp3) is 0.889. The molecule has 4 heteroatoms. The average molecular weight is 201 g/mol. The first-order valence-corrected chi connectivity index (χ1v) is 5.78. The standard InChI is InChI=1S/C9H15NO2S/c11-5-8(12)10-9-3-1-2-7(4-9)6-13-9/h7,11H,1-6H2,(H,10,12). The summed E-state index contributed by atoms with van der Waals surface area (Å²) in [5.41, 5.74) is 0. The van der Waals surface area contributed by atoms with E-state index in [0.29, 0.717) is 0 Å². The molecule has 2 atom stereocenters. The van der Waals surface area contributed by atoms with E-state index in [-0.39, 0.29) is 17.4 Å². The van der Waals surface area contributed by atoms with E-state index in [1.54, 1.807) is 0 Å². The van der Waals surface area contributed by atoms with Gasteiger partial charge in [-0.15, -0.1) is 11.8 Å². The van der Waals surface area contributed by atoms with Crippen molar-refractivity contribution in [1.82, 2.24) is 5.32 Å². The normalized spacial score (nSPS) is 37.5. The maximum atomic E-state index is 11.1. The predicted octanol–water partition coefficient (Wildman–Crippen LogP) is 0.728. The lowest BCUT2D eigenvalue weighted by Gasteiger charge is -2.32. The molecule has 2 aliphatic rings. The van der Waals surface area contributed by atoms with Gasteiger partial charge in [0.1, 0.15) is 6.61 Å². The van der Waals surface area contributed by atoms with Crippen molar-refractivity contribution in [2.75, 3.05) is 12.4 Å². The van der Waals surface area contributed by atoms with Crippen LogP contribution in [-0.2, 0) is 4.79 Å². The number of aliphatic hydroxyl groups is 1. The summed E-state index contributed by atoms with van der Waals surface area (Å²) < 4.78 is 0. The number of carbonyl (C=O) groups excluding carboxylic acids is 1. The van der Waals surface area contributed by atoms with Crippen LogP contribution in [0.1, 0.15) is 25.7 Å². The number of amides is 1. The summed E-state index contributed by atoms with van der Waals surface area (Å²) in [6, 6.07) is 0. The van der Waals surface area contributed by atoms with Gasteiger partial charge in [0.25, 0.3) is 0 Å². The van der Waals surface area contributed by atoms with Gasteiger partial charge in [0, 0.05) is 0 Å². The first-order chi connectivity index (χ1) is 6.24. The SMILES string of the molecule is O=C(CO)NC12CCCC(CS1)C2. The number of aliphatic hydroxyl groups excluding tert-OH is 1. The first kappa shape index (κ1) is 9.34. The van der Waals surface area contributed by atoms with Gasteiger partial charge < -0.3 is 10.4 Å². The highest BCUT2D eigenvalue weighted by molar-refractivity contribution is 8.00. The summed E-state index contributed by atoms with van der Waals surface area (Å²) >= 11 is 1.86. The highest BCUT2D eigenvalue weighted by atomic mass is 32.2. The number of fused-ring (bicyclic) bond motifs is 2. The number of hydrogen-bond acceptors (Lipinski definition) is 3. The van der Waals surface area contributed by atoms with Crippen molar-refractivity contribution in [3.8, 4) is 0 Å². The van der Waals surface area contributed by atoms with Gasteiger partial charge in [-0.1, -0.05) is 0 Å². The summed E-state index contributed by atoms with van der Waals surface area (Å²) in [5, 5.41) is 11.6. The van der Waals surface area contributed by atoms with Crippen molar-refractivity contribution >= 4 is 17.7 Å². The third-order valence-corrected chi connectivity index (χ3v) is 4.58. The van der Waals surface area contributed by atoms with Gasteiger partial charge in [0.2, 0.25) is 5.91 Å². The highest BCUT2D eigenvalue weighted by Crippen LogP contribution is 2.48. The molecule has 2 bridgehead atoms. The molecule has 2 unspecified atom stereocenters.